The summed E-state index contributed by atoms with van der Waals surface area (Å²) in [7, 11) is 0. The fourth-order valence-corrected chi connectivity index (χ4v) is 3.13. The van der Waals surface area contributed by atoms with E-state index in [9.17, 15) is 4.79 Å². The lowest BCUT2D eigenvalue weighted by Crippen LogP contribution is -2.12. The van der Waals surface area contributed by atoms with E-state index in [0.717, 1.165) is 12.8 Å². The summed E-state index contributed by atoms with van der Waals surface area (Å²) in [6.45, 7) is 1.82. The number of hydrogen-bond acceptors (Lipinski definition) is 1. The smallest absolute Gasteiger partial charge is 0.306 e. The minimum atomic E-state index is -0.669. The fourth-order valence-electron chi connectivity index (χ4n) is 3.13. The van der Waals surface area contributed by atoms with Crippen molar-refractivity contribution in [3.63, 3.8) is 0 Å². The molecule has 1 fully saturated rings. The first-order chi connectivity index (χ1) is 11.1. The molecule has 2 aromatic rings. The molecule has 3 unspecified atom stereocenters. The van der Waals surface area contributed by atoms with Crippen LogP contribution in [0.4, 0.5) is 0 Å². The average Bonchev–Trinajstić information content (AvgIpc) is 3.35. The first-order valence-corrected chi connectivity index (χ1v) is 8.20. The van der Waals surface area contributed by atoms with Gasteiger partial charge >= 0.3 is 5.97 Å². The van der Waals surface area contributed by atoms with E-state index in [0.29, 0.717) is 11.8 Å². The Kier molecular flexibility index (Phi) is 4.61. The van der Waals surface area contributed by atoms with Gasteiger partial charge in [-0.1, -0.05) is 73.7 Å². The molecule has 0 bridgehead atoms. The Balaban J connectivity index is 1.54. The van der Waals surface area contributed by atoms with Gasteiger partial charge in [-0.3, -0.25) is 4.79 Å². The summed E-state index contributed by atoms with van der Waals surface area (Å²) in [5.41, 5.74) is 3.64. The minimum absolute atomic E-state index is 0.210. The molecule has 0 aliphatic heterocycles. The number of carbonyl (C=O) groups is 1. The summed E-state index contributed by atoms with van der Waals surface area (Å²) >= 11 is 0. The Morgan fingerprint density at radius 2 is 1.78 bits per heavy atom. The third-order valence-corrected chi connectivity index (χ3v) is 4.78. The lowest BCUT2D eigenvalue weighted by atomic mass is 10.0. The average molecular weight is 306 g/mol. The van der Waals surface area contributed by atoms with Crippen molar-refractivity contribution in [3.8, 4) is 11.1 Å². The molecular weight excluding hydrogens is 284 g/mol. The Labute approximate surface area is 137 Å². The molecule has 3 rings (SSSR count). The molecule has 0 aromatic heterocycles. The van der Waals surface area contributed by atoms with Crippen LogP contribution in [0.5, 0.6) is 0 Å². The van der Waals surface area contributed by atoms with Crippen LogP contribution in [0.2, 0.25) is 0 Å². The summed E-state index contributed by atoms with van der Waals surface area (Å²) in [5, 5.41) is 9.02. The predicted octanol–water partition coefficient (Wildman–Crippen LogP) is 5.11. The molecule has 23 heavy (non-hydrogen) atoms. The highest BCUT2D eigenvalue weighted by atomic mass is 16.4. The highest BCUT2D eigenvalue weighted by Crippen LogP contribution is 2.46. The van der Waals surface area contributed by atoms with Crippen LogP contribution in [0.15, 0.2) is 60.7 Å². The first kappa shape index (κ1) is 15.5. The molecule has 2 aromatic carbocycles. The molecule has 0 heterocycles. The number of carboxylic acid groups (broad SMARTS) is 1. The van der Waals surface area contributed by atoms with E-state index in [2.05, 4.69) is 48.6 Å². The third kappa shape index (κ3) is 3.89. The summed E-state index contributed by atoms with van der Waals surface area (Å²) in [5.74, 6) is 0.0232. The molecule has 0 spiro atoms. The van der Waals surface area contributed by atoms with Crippen LogP contribution in [0, 0.1) is 17.8 Å². The van der Waals surface area contributed by atoms with Crippen molar-refractivity contribution < 1.29 is 9.90 Å². The van der Waals surface area contributed by atoms with Gasteiger partial charge < -0.3 is 5.11 Å². The molecule has 1 aliphatic carbocycles. The van der Waals surface area contributed by atoms with Crippen molar-refractivity contribution in [3.05, 3.63) is 66.2 Å². The molecule has 2 nitrogen and oxygen atoms in total. The maximum Gasteiger partial charge on any atom is 0.306 e. The Morgan fingerprint density at radius 1 is 1.13 bits per heavy atom. The van der Waals surface area contributed by atoms with E-state index < -0.39 is 5.97 Å². The molecule has 1 aliphatic rings. The van der Waals surface area contributed by atoms with Crippen molar-refractivity contribution in [2.24, 2.45) is 17.8 Å². The van der Waals surface area contributed by atoms with Crippen LogP contribution in [-0.2, 0) is 4.79 Å². The summed E-state index contributed by atoms with van der Waals surface area (Å²) in [4.78, 5) is 11.0. The number of carboxylic acids is 1. The normalized spacial score (nSPS) is 21.3. The zero-order chi connectivity index (χ0) is 16.2. The Hall–Kier alpha value is -2.35. The van der Waals surface area contributed by atoms with Crippen molar-refractivity contribution in [1.29, 1.82) is 0 Å². The second-order valence-corrected chi connectivity index (χ2v) is 6.41. The maximum absolute atomic E-state index is 11.0. The summed E-state index contributed by atoms with van der Waals surface area (Å²) < 4.78 is 0. The van der Waals surface area contributed by atoms with Gasteiger partial charge in [0, 0.05) is 0 Å². The Morgan fingerprint density at radius 3 is 2.43 bits per heavy atom. The number of aliphatic carboxylic acids is 1. The second-order valence-electron chi connectivity index (χ2n) is 6.41. The topological polar surface area (TPSA) is 37.3 Å². The van der Waals surface area contributed by atoms with Gasteiger partial charge in [0.2, 0.25) is 0 Å². The van der Waals surface area contributed by atoms with E-state index >= 15 is 0 Å². The SMILES string of the molecule is CC(C(=O)O)C1CC1CC=Cc1ccc(-c2ccccc2)cc1. The van der Waals surface area contributed by atoms with Crippen LogP contribution < -0.4 is 0 Å². The van der Waals surface area contributed by atoms with Gasteiger partial charge in [0.15, 0.2) is 0 Å². The highest BCUT2D eigenvalue weighted by molar-refractivity contribution is 5.70. The Bertz CT molecular complexity index is 686. The molecule has 118 valence electrons. The van der Waals surface area contributed by atoms with Gasteiger partial charge in [0.25, 0.3) is 0 Å². The number of allylic oxidation sites excluding steroid dienone is 1. The molecule has 1 saturated carbocycles. The van der Waals surface area contributed by atoms with Crippen LogP contribution in [0.3, 0.4) is 0 Å². The van der Waals surface area contributed by atoms with Crippen LogP contribution in [-0.4, -0.2) is 11.1 Å². The maximum atomic E-state index is 11.0. The van der Waals surface area contributed by atoms with Gasteiger partial charge in [-0.25, -0.2) is 0 Å². The van der Waals surface area contributed by atoms with Gasteiger partial charge in [-0.15, -0.1) is 0 Å². The molecule has 0 saturated heterocycles. The fraction of sp³-hybridized carbons (Fsp3) is 0.286. The third-order valence-electron chi connectivity index (χ3n) is 4.78. The van der Waals surface area contributed by atoms with Gasteiger partial charge in [0.1, 0.15) is 0 Å². The number of benzene rings is 2. The zero-order valence-electron chi connectivity index (χ0n) is 13.4. The lowest BCUT2D eigenvalue weighted by Gasteiger charge is -2.03. The highest BCUT2D eigenvalue weighted by Gasteiger charge is 2.42. The largest absolute Gasteiger partial charge is 0.481 e. The van der Waals surface area contributed by atoms with Crippen LogP contribution >= 0.6 is 0 Å². The quantitative estimate of drug-likeness (QED) is 0.805. The van der Waals surface area contributed by atoms with Crippen molar-refractivity contribution >= 4 is 12.0 Å². The summed E-state index contributed by atoms with van der Waals surface area (Å²) in [6, 6.07) is 18.9. The van der Waals surface area contributed by atoms with E-state index in [1.54, 1.807) is 0 Å². The molecule has 0 radical (unpaired) electrons. The number of rotatable bonds is 6. The summed E-state index contributed by atoms with van der Waals surface area (Å²) in [6.07, 6.45) is 6.33. The van der Waals surface area contributed by atoms with Crippen LogP contribution in [0.25, 0.3) is 17.2 Å². The van der Waals surface area contributed by atoms with E-state index in [4.69, 9.17) is 5.11 Å². The predicted molar refractivity (Wildman–Crippen MR) is 93.9 cm³/mol. The van der Waals surface area contributed by atoms with Crippen molar-refractivity contribution in [1.82, 2.24) is 0 Å². The van der Waals surface area contributed by atoms with E-state index in [-0.39, 0.29) is 5.92 Å². The molecular formula is C21H22O2. The van der Waals surface area contributed by atoms with Crippen molar-refractivity contribution in [2.75, 3.05) is 0 Å². The van der Waals surface area contributed by atoms with Crippen LogP contribution in [0.1, 0.15) is 25.3 Å². The number of hydrogen-bond donors (Lipinski definition) is 1. The molecule has 0 amide bonds. The monoisotopic (exact) mass is 306 g/mol. The zero-order valence-corrected chi connectivity index (χ0v) is 13.4. The first-order valence-electron chi connectivity index (χ1n) is 8.20. The van der Waals surface area contributed by atoms with E-state index in [1.165, 1.54) is 16.7 Å². The standard InChI is InChI=1S/C21H22O2/c1-15(21(22)23)20-14-19(20)9-5-6-16-10-12-18(13-11-16)17-7-3-2-4-8-17/h2-8,10-13,15,19-20H,9,14H2,1H3,(H,22,23). The molecule has 1 N–H and O–H groups in total. The lowest BCUT2D eigenvalue weighted by molar-refractivity contribution is -0.141. The van der Waals surface area contributed by atoms with Gasteiger partial charge in [-0.2, -0.15) is 0 Å². The van der Waals surface area contributed by atoms with Crippen molar-refractivity contribution in [2.45, 2.75) is 19.8 Å². The minimum Gasteiger partial charge on any atom is -0.481 e. The van der Waals surface area contributed by atoms with E-state index in [1.807, 2.05) is 25.1 Å². The van der Waals surface area contributed by atoms with Gasteiger partial charge in [-0.05, 0) is 41.4 Å². The second kappa shape index (κ2) is 6.82. The van der Waals surface area contributed by atoms with Gasteiger partial charge in [0.05, 0.1) is 5.92 Å². The molecule has 2 heteroatoms. The molecule has 3 atom stereocenters.